The molecular formula is C15H26ClN3O2. The van der Waals surface area contributed by atoms with E-state index in [1.165, 1.54) is 12.8 Å². The Balaban J connectivity index is 2.03. The van der Waals surface area contributed by atoms with Crippen molar-refractivity contribution in [3.63, 3.8) is 0 Å². The second-order valence-electron chi connectivity index (χ2n) is 5.42. The molecule has 1 aromatic heterocycles. The average Bonchev–Trinajstić information content (AvgIpc) is 3.11. The summed E-state index contributed by atoms with van der Waals surface area (Å²) in [6.45, 7) is 5.28. The van der Waals surface area contributed by atoms with Gasteiger partial charge in [0.1, 0.15) is 0 Å². The van der Waals surface area contributed by atoms with Gasteiger partial charge in [0.05, 0.1) is 42.2 Å². The predicted octanol–water partition coefficient (Wildman–Crippen LogP) is 2.79. The summed E-state index contributed by atoms with van der Waals surface area (Å²) in [5.74, 6) is 0. The van der Waals surface area contributed by atoms with Crippen molar-refractivity contribution in [3.8, 4) is 0 Å². The Morgan fingerprint density at radius 3 is 3.14 bits per heavy atom. The monoisotopic (exact) mass is 315 g/mol. The number of nitrogens with one attached hydrogen (secondary N) is 1. The van der Waals surface area contributed by atoms with Crippen LogP contribution in [0.4, 0.5) is 0 Å². The minimum absolute atomic E-state index is 0.214. The number of ether oxygens (including phenoxy) is 2. The number of methoxy groups -OCH3 is 1. The van der Waals surface area contributed by atoms with Crippen LogP contribution >= 0.6 is 11.6 Å². The highest BCUT2D eigenvalue weighted by Gasteiger charge is 2.23. The number of halogens is 1. The summed E-state index contributed by atoms with van der Waals surface area (Å²) in [7, 11) is 1.70. The minimum atomic E-state index is 0.214. The van der Waals surface area contributed by atoms with Crippen LogP contribution in [-0.2, 0) is 16.0 Å². The van der Waals surface area contributed by atoms with Crippen LogP contribution in [0, 0.1) is 0 Å². The Morgan fingerprint density at radius 2 is 2.48 bits per heavy atom. The predicted molar refractivity (Wildman–Crippen MR) is 83.7 cm³/mol. The fourth-order valence-electron chi connectivity index (χ4n) is 2.88. The van der Waals surface area contributed by atoms with E-state index in [2.05, 4.69) is 17.3 Å². The van der Waals surface area contributed by atoms with Gasteiger partial charge in [-0.05, 0) is 32.2 Å². The Labute approximate surface area is 131 Å². The third kappa shape index (κ3) is 4.68. The summed E-state index contributed by atoms with van der Waals surface area (Å²) in [6, 6.07) is 0.214. The largest absolute Gasteiger partial charge is 0.383 e. The molecule has 2 rings (SSSR count). The van der Waals surface area contributed by atoms with Gasteiger partial charge in [-0.3, -0.25) is 4.68 Å². The topological polar surface area (TPSA) is 48.3 Å². The van der Waals surface area contributed by atoms with Crippen LogP contribution in [0.2, 0.25) is 5.02 Å². The molecule has 1 aliphatic rings. The molecule has 0 bridgehead atoms. The van der Waals surface area contributed by atoms with E-state index < -0.39 is 0 Å². The molecule has 1 saturated heterocycles. The van der Waals surface area contributed by atoms with Gasteiger partial charge in [-0.1, -0.05) is 18.5 Å². The summed E-state index contributed by atoms with van der Waals surface area (Å²) < 4.78 is 12.8. The van der Waals surface area contributed by atoms with E-state index in [1.54, 1.807) is 13.3 Å². The van der Waals surface area contributed by atoms with Gasteiger partial charge in [-0.25, -0.2) is 0 Å². The van der Waals surface area contributed by atoms with Gasteiger partial charge in [0.2, 0.25) is 0 Å². The van der Waals surface area contributed by atoms with Crippen LogP contribution in [0.5, 0.6) is 0 Å². The Morgan fingerprint density at radius 1 is 1.62 bits per heavy atom. The zero-order valence-corrected chi connectivity index (χ0v) is 13.7. The van der Waals surface area contributed by atoms with Gasteiger partial charge in [0, 0.05) is 13.7 Å². The molecule has 1 aromatic rings. The smallest absolute Gasteiger partial charge is 0.0834 e. The number of hydrogen-bond donors (Lipinski definition) is 1. The van der Waals surface area contributed by atoms with Crippen LogP contribution in [0.3, 0.4) is 0 Å². The molecule has 0 aromatic carbocycles. The molecule has 2 heterocycles. The molecule has 0 amide bonds. The van der Waals surface area contributed by atoms with Gasteiger partial charge in [-0.2, -0.15) is 5.10 Å². The van der Waals surface area contributed by atoms with Gasteiger partial charge in [0.25, 0.3) is 0 Å². The molecule has 120 valence electrons. The quantitative estimate of drug-likeness (QED) is 0.761. The fourth-order valence-corrected chi connectivity index (χ4v) is 3.15. The average molecular weight is 316 g/mol. The lowest BCUT2D eigenvalue weighted by Gasteiger charge is -2.21. The van der Waals surface area contributed by atoms with Crippen molar-refractivity contribution in [1.82, 2.24) is 15.1 Å². The first-order valence-corrected chi connectivity index (χ1v) is 8.19. The Bertz CT molecular complexity index is 419. The van der Waals surface area contributed by atoms with E-state index in [-0.39, 0.29) is 6.04 Å². The van der Waals surface area contributed by atoms with E-state index in [1.807, 2.05) is 4.68 Å². The third-order valence-electron chi connectivity index (χ3n) is 3.92. The first-order valence-electron chi connectivity index (χ1n) is 7.81. The van der Waals surface area contributed by atoms with Crippen molar-refractivity contribution in [2.75, 3.05) is 26.9 Å². The molecule has 5 nitrogen and oxygen atoms in total. The van der Waals surface area contributed by atoms with Crippen molar-refractivity contribution in [2.24, 2.45) is 0 Å². The second-order valence-corrected chi connectivity index (χ2v) is 5.82. The van der Waals surface area contributed by atoms with E-state index in [0.717, 1.165) is 43.3 Å². The first kappa shape index (κ1) is 16.7. The number of aromatic nitrogens is 2. The molecule has 0 spiro atoms. The maximum atomic E-state index is 6.35. The molecule has 0 saturated carbocycles. The highest BCUT2D eigenvalue weighted by molar-refractivity contribution is 6.31. The molecule has 1 N–H and O–H groups in total. The number of hydrogen-bond acceptors (Lipinski definition) is 4. The maximum Gasteiger partial charge on any atom is 0.0834 e. The molecule has 2 unspecified atom stereocenters. The lowest BCUT2D eigenvalue weighted by molar-refractivity contribution is 0.0992. The second kappa shape index (κ2) is 8.73. The SMILES string of the molecule is CCNC(CCC1CCCO1)c1c(Cl)cnn1CCOC. The van der Waals surface area contributed by atoms with E-state index >= 15 is 0 Å². The number of rotatable bonds is 9. The molecule has 1 fully saturated rings. The van der Waals surface area contributed by atoms with E-state index in [9.17, 15) is 0 Å². The van der Waals surface area contributed by atoms with Crippen LogP contribution in [0.25, 0.3) is 0 Å². The van der Waals surface area contributed by atoms with Gasteiger partial charge < -0.3 is 14.8 Å². The zero-order valence-electron chi connectivity index (χ0n) is 13.0. The Hall–Kier alpha value is -0.620. The van der Waals surface area contributed by atoms with Crippen molar-refractivity contribution in [3.05, 3.63) is 16.9 Å². The first-order chi connectivity index (χ1) is 10.3. The van der Waals surface area contributed by atoms with E-state index in [0.29, 0.717) is 12.7 Å². The summed E-state index contributed by atoms with van der Waals surface area (Å²) in [5, 5.41) is 8.62. The molecule has 0 radical (unpaired) electrons. The summed E-state index contributed by atoms with van der Waals surface area (Å²) >= 11 is 6.35. The van der Waals surface area contributed by atoms with Crippen LogP contribution < -0.4 is 5.32 Å². The Kier molecular flexibility index (Phi) is 6.96. The lowest BCUT2D eigenvalue weighted by Crippen LogP contribution is -2.26. The van der Waals surface area contributed by atoms with Crippen molar-refractivity contribution in [2.45, 2.75) is 51.3 Å². The highest BCUT2D eigenvalue weighted by Crippen LogP contribution is 2.28. The molecule has 6 heteroatoms. The molecule has 21 heavy (non-hydrogen) atoms. The fraction of sp³-hybridized carbons (Fsp3) is 0.800. The summed E-state index contributed by atoms with van der Waals surface area (Å²) in [5.41, 5.74) is 1.06. The zero-order chi connectivity index (χ0) is 15.1. The van der Waals surface area contributed by atoms with Crippen molar-refractivity contribution >= 4 is 11.6 Å². The summed E-state index contributed by atoms with van der Waals surface area (Å²) in [6.07, 6.45) is 6.56. The molecule has 1 aliphatic heterocycles. The lowest BCUT2D eigenvalue weighted by atomic mass is 10.0. The molecular weight excluding hydrogens is 290 g/mol. The van der Waals surface area contributed by atoms with Gasteiger partial charge >= 0.3 is 0 Å². The van der Waals surface area contributed by atoms with E-state index in [4.69, 9.17) is 21.1 Å². The molecule has 2 atom stereocenters. The minimum Gasteiger partial charge on any atom is -0.383 e. The summed E-state index contributed by atoms with van der Waals surface area (Å²) in [4.78, 5) is 0. The van der Waals surface area contributed by atoms with Crippen molar-refractivity contribution < 1.29 is 9.47 Å². The van der Waals surface area contributed by atoms with Gasteiger partial charge in [-0.15, -0.1) is 0 Å². The van der Waals surface area contributed by atoms with Crippen molar-refractivity contribution in [1.29, 1.82) is 0 Å². The van der Waals surface area contributed by atoms with Crippen LogP contribution in [0.1, 0.15) is 44.3 Å². The standard InChI is InChI=1S/C15H26ClN3O2/c1-3-17-14(7-6-12-5-4-9-21-12)15-13(16)11-18-19(15)8-10-20-2/h11-12,14,17H,3-10H2,1-2H3. The van der Waals surface area contributed by atoms with Gasteiger partial charge in [0.15, 0.2) is 0 Å². The maximum absolute atomic E-state index is 6.35. The van der Waals surface area contributed by atoms with Crippen LogP contribution in [-0.4, -0.2) is 42.8 Å². The van der Waals surface area contributed by atoms with Crippen LogP contribution in [0.15, 0.2) is 6.20 Å². The number of nitrogens with zero attached hydrogens (tertiary/aromatic N) is 2. The molecule has 0 aliphatic carbocycles. The third-order valence-corrected chi connectivity index (χ3v) is 4.21. The highest BCUT2D eigenvalue weighted by atomic mass is 35.5. The normalized spacial score (nSPS) is 20.0.